The van der Waals surface area contributed by atoms with Gasteiger partial charge in [0.1, 0.15) is 6.10 Å². The number of aromatic nitrogens is 2. The summed E-state index contributed by atoms with van der Waals surface area (Å²) < 4.78 is 6.83. The second kappa shape index (κ2) is 6.67. The number of nitrogens with one attached hydrogen (secondary N) is 1. The van der Waals surface area contributed by atoms with Gasteiger partial charge in [-0.3, -0.25) is 14.3 Å². The molecular weight excluding hydrogens is 260 g/mol. The van der Waals surface area contributed by atoms with Gasteiger partial charge in [0.2, 0.25) is 0 Å². The van der Waals surface area contributed by atoms with Crippen LogP contribution in [0, 0.1) is 0 Å². The number of unbranched alkanes of at least 4 members (excludes halogenated alkanes) is 2. The Labute approximate surface area is 116 Å². The molecule has 1 aromatic rings. The first kappa shape index (κ1) is 14.7. The topological polar surface area (TPSA) is 84.3 Å². The van der Waals surface area contributed by atoms with Crippen LogP contribution < -0.4 is 11.2 Å². The maximum absolute atomic E-state index is 11.8. The summed E-state index contributed by atoms with van der Waals surface area (Å²) in [6.07, 6.45) is 7.68. The van der Waals surface area contributed by atoms with E-state index in [1.807, 2.05) is 0 Å². The predicted molar refractivity (Wildman–Crippen MR) is 74.7 cm³/mol. The molecule has 1 aliphatic heterocycles. The lowest BCUT2D eigenvalue weighted by Gasteiger charge is -2.15. The van der Waals surface area contributed by atoms with Gasteiger partial charge in [-0.05, 0) is 18.9 Å². The van der Waals surface area contributed by atoms with Gasteiger partial charge in [-0.1, -0.05) is 25.8 Å². The van der Waals surface area contributed by atoms with Crippen molar-refractivity contribution in [1.82, 2.24) is 9.55 Å². The molecule has 0 fully saturated rings. The van der Waals surface area contributed by atoms with Crippen molar-refractivity contribution in [3.8, 4) is 0 Å². The molecule has 0 aliphatic carbocycles. The molecule has 1 aromatic heterocycles. The average molecular weight is 280 g/mol. The second-order valence-corrected chi connectivity index (χ2v) is 4.91. The van der Waals surface area contributed by atoms with Gasteiger partial charge in [-0.25, -0.2) is 4.79 Å². The summed E-state index contributed by atoms with van der Waals surface area (Å²) in [5.74, 6) is 0. The molecule has 0 spiro atoms. The zero-order valence-electron chi connectivity index (χ0n) is 11.5. The van der Waals surface area contributed by atoms with Gasteiger partial charge in [0.15, 0.2) is 6.23 Å². The van der Waals surface area contributed by atoms with Crippen molar-refractivity contribution in [2.24, 2.45) is 0 Å². The fourth-order valence-electron chi connectivity index (χ4n) is 2.21. The van der Waals surface area contributed by atoms with Crippen molar-refractivity contribution in [2.75, 3.05) is 6.61 Å². The summed E-state index contributed by atoms with van der Waals surface area (Å²) in [6, 6.07) is 0. The molecule has 0 aromatic carbocycles. The molecule has 0 saturated carbocycles. The standard InChI is InChI=1S/C14H20N2O4/c1-2-3-4-5-10-8-16(14(19)15-13(10)18)12-7-6-11(9-17)20-12/h6-8,11-12,17H,2-5,9H2,1H3,(H,15,18,19)/t11-,12+/m0/s1. The van der Waals surface area contributed by atoms with Crippen molar-refractivity contribution >= 4 is 0 Å². The van der Waals surface area contributed by atoms with Crippen LogP contribution in [0.25, 0.3) is 0 Å². The van der Waals surface area contributed by atoms with E-state index in [0.29, 0.717) is 12.0 Å². The van der Waals surface area contributed by atoms with Crippen LogP contribution in [0.2, 0.25) is 0 Å². The smallest absolute Gasteiger partial charge is 0.330 e. The number of aryl methyl sites for hydroxylation is 1. The minimum Gasteiger partial charge on any atom is -0.393 e. The lowest BCUT2D eigenvalue weighted by Crippen LogP contribution is -2.34. The Hall–Kier alpha value is -1.66. The summed E-state index contributed by atoms with van der Waals surface area (Å²) in [5, 5.41) is 9.02. The molecule has 110 valence electrons. The van der Waals surface area contributed by atoms with E-state index in [0.717, 1.165) is 19.3 Å². The van der Waals surface area contributed by atoms with E-state index in [1.165, 1.54) is 4.57 Å². The van der Waals surface area contributed by atoms with Gasteiger partial charge in [-0.2, -0.15) is 0 Å². The summed E-state index contributed by atoms with van der Waals surface area (Å²) in [5.41, 5.74) is -0.243. The Morgan fingerprint density at radius 1 is 1.35 bits per heavy atom. The van der Waals surface area contributed by atoms with Crippen LogP contribution >= 0.6 is 0 Å². The number of aromatic amines is 1. The summed E-state index contributed by atoms with van der Waals surface area (Å²) in [6.45, 7) is 1.96. The van der Waals surface area contributed by atoms with Gasteiger partial charge >= 0.3 is 5.69 Å². The first-order valence-electron chi connectivity index (χ1n) is 6.94. The summed E-state index contributed by atoms with van der Waals surface area (Å²) >= 11 is 0. The zero-order chi connectivity index (χ0) is 14.5. The molecule has 20 heavy (non-hydrogen) atoms. The van der Waals surface area contributed by atoms with E-state index < -0.39 is 18.0 Å². The number of aliphatic hydroxyl groups excluding tert-OH is 1. The van der Waals surface area contributed by atoms with E-state index in [-0.39, 0.29) is 12.2 Å². The van der Waals surface area contributed by atoms with Gasteiger partial charge in [0.25, 0.3) is 5.56 Å². The lowest BCUT2D eigenvalue weighted by atomic mass is 10.1. The molecular formula is C14H20N2O4. The van der Waals surface area contributed by atoms with Crippen molar-refractivity contribution in [3.63, 3.8) is 0 Å². The third-order valence-corrected chi connectivity index (χ3v) is 3.35. The molecule has 2 rings (SSSR count). The van der Waals surface area contributed by atoms with Crippen LogP contribution in [0.3, 0.4) is 0 Å². The molecule has 6 heteroatoms. The highest BCUT2D eigenvalue weighted by molar-refractivity contribution is 5.08. The maximum Gasteiger partial charge on any atom is 0.330 e. The third-order valence-electron chi connectivity index (χ3n) is 3.35. The second-order valence-electron chi connectivity index (χ2n) is 4.91. The summed E-state index contributed by atoms with van der Waals surface area (Å²) in [4.78, 5) is 25.9. The molecule has 0 unspecified atom stereocenters. The largest absolute Gasteiger partial charge is 0.393 e. The predicted octanol–water partition coefficient (Wildman–Crippen LogP) is 0.715. The van der Waals surface area contributed by atoms with Crippen molar-refractivity contribution < 1.29 is 9.84 Å². The highest BCUT2D eigenvalue weighted by atomic mass is 16.5. The molecule has 0 saturated heterocycles. The van der Waals surface area contributed by atoms with Crippen molar-refractivity contribution in [1.29, 1.82) is 0 Å². The number of ether oxygens (including phenoxy) is 1. The Bertz CT molecular complexity index is 588. The molecule has 0 amide bonds. The Kier molecular flexibility index (Phi) is 4.92. The van der Waals surface area contributed by atoms with Gasteiger partial charge < -0.3 is 9.84 Å². The molecule has 2 atom stereocenters. The number of aliphatic hydroxyl groups is 1. The third kappa shape index (κ3) is 3.26. The number of rotatable bonds is 6. The molecule has 6 nitrogen and oxygen atoms in total. The number of H-pyrrole nitrogens is 1. The molecule has 0 radical (unpaired) electrons. The number of nitrogens with zero attached hydrogens (tertiary/aromatic N) is 1. The number of hydrogen-bond donors (Lipinski definition) is 2. The minimum absolute atomic E-state index is 0.130. The van der Waals surface area contributed by atoms with Crippen LogP contribution in [0.15, 0.2) is 27.9 Å². The van der Waals surface area contributed by atoms with Crippen LogP contribution in [0.5, 0.6) is 0 Å². The SMILES string of the molecule is CCCCCc1cn([C@H]2C=C[C@@H](CO)O2)c(=O)[nH]c1=O. The number of hydrogen-bond acceptors (Lipinski definition) is 4. The molecule has 1 aliphatic rings. The normalized spacial score (nSPS) is 21.5. The van der Waals surface area contributed by atoms with E-state index >= 15 is 0 Å². The van der Waals surface area contributed by atoms with E-state index in [2.05, 4.69) is 11.9 Å². The Morgan fingerprint density at radius 2 is 2.15 bits per heavy atom. The van der Waals surface area contributed by atoms with Crippen LogP contribution in [0.1, 0.15) is 38.0 Å². The van der Waals surface area contributed by atoms with Gasteiger partial charge in [0.05, 0.1) is 6.61 Å². The zero-order valence-corrected chi connectivity index (χ0v) is 11.5. The van der Waals surface area contributed by atoms with E-state index in [1.54, 1.807) is 18.3 Å². The first-order valence-corrected chi connectivity index (χ1v) is 6.94. The fraction of sp³-hybridized carbons (Fsp3) is 0.571. The minimum atomic E-state index is -0.568. The Balaban J connectivity index is 2.21. The maximum atomic E-state index is 11.8. The van der Waals surface area contributed by atoms with Crippen molar-refractivity contribution in [2.45, 2.75) is 44.9 Å². The lowest BCUT2D eigenvalue weighted by molar-refractivity contribution is -0.0104. The van der Waals surface area contributed by atoms with Crippen LogP contribution in [-0.2, 0) is 11.2 Å². The van der Waals surface area contributed by atoms with E-state index in [9.17, 15) is 9.59 Å². The molecule has 2 heterocycles. The average Bonchev–Trinajstić information content (AvgIpc) is 2.90. The molecule has 2 N–H and O–H groups in total. The highest BCUT2D eigenvalue weighted by Crippen LogP contribution is 2.19. The molecule has 0 bridgehead atoms. The summed E-state index contributed by atoms with van der Waals surface area (Å²) in [7, 11) is 0. The fourth-order valence-corrected chi connectivity index (χ4v) is 2.21. The van der Waals surface area contributed by atoms with Crippen LogP contribution in [0.4, 0.5) is 0 Å². The van der Waals surface area contributed by atoms with Gasteiger partial charge in [0, 0.05) is 11.8 Å². The Morgan fingerprint density at radius 3 is 2.80 bits per heavy atom. The van der Waals surface area contributed by atoms with Gasteiger partial charge in [-0.15, -0.1) is 0 Å². The van der Waals surface area contributed by atoms with Crippen LogP contribution in [-0.4, -0.2) is 27.4 Å². The monoisotopic (exact) mass is 280 g/mol. The van der Waals surface area contributed by atoms with Crippen molar-refractivity contribution in [3.05, 3.63) is 44.8 Å². The highest BCUT2D eigenvalue weighted by Gasteiger charge is 2.21. The van der Waals surface area contributed by atoms with E-state index in [4.69, 9.17) is 9.84 Å². The first-order chi connectivity index (χ1) is 9.65. The quantitative estimate of drug-likeness (QED) is 0.594.